The largest absolute Gasteiger partial charge is 0.512 e. The fourth-order valence-electron chi connectivity index (χ4n) is 7.46. The maximum atomic E-state index is 12.6. The molecule has 1 fully saturated rings. The van der Waals surface area contributed by atoms with Gasteiger partial charge in [-0.1, -0.05) is 169 Å². The van der Waals surface area contributed by atoms with E-state index in [9.17, 15) is 10.2 Å². The highest BCUT2D eigenvalue weighted by atomic mass is 28.4. The highest BCUT2D eigenvalue weighted by molar-refractivity contribution is 7.00. The fourth-order valence-corrected chi connectivity index (χ4v) is 16.8. The normalized spacial score (nSPS) is 20.6. The van der Waals surface area contributed by atoms with Crippen LogP contribution in [0.3, 0.4) is 0 Å². The summed E-state index contributed by atoms with van der Waals surface area (Å²) in [7, 11) is -6.16. The summed E-state index contributed by atoms with van der Waals surface area (Å²) in [6.07, 6.45) is -2.18. The Hall–Kier alpha value is -3.53. The molecule has 0 aliphatic heterocycles. The molecule has 0 amide bonds. The summed E-state index contributed by atoms with van der Waals surface area (Å²) in [6, 6.07) is 41.8. The van der Waals surface area contributed by atoms with Crippen molar-refractivity contribution < 1.29 is 19.1 Å². The Balaban J connectivity index is 1.70. The Morgan fingerprint density at radius 2 is 0.936 bits per heavy atom. The maximum Gasteiger partial charge on any atom is 0.262 e. The van der Waals surface area contributed by atoms with E-state index in [1.54, 1.807) is 6.92 Å². The van der Waals surface area contributed by atoms with Gasteiger partial charge in [-0.25, -0.2) is 0 Å². The molecule has 0 spiro atoms. The Morgan fingerprint density at radius 1 is 0.617 bits per heavy atom. The van der Waals surface area contributed by atoms with Gasteiger partial charge in [0.05, 0.1) is 18.0 Å². The second kappa shape index (κ2) is 13.5. The van der Waals surface area contributed by atoms with Crippen molar-refractivity contribution in [1.82, 2.24) is 0 Å². The molecule has 5 rings (SSSR count). The van der Waals surface area contributed by atoms with Gasteiger partial charge < -0.3 is 19.1 Å². The molecular formula is C41H50O4Si2. The van der Waals surface area contributed by atoms with Crippen LogP contribution in [0.25, 0.3) is 0 Å². The van der Waals surface area contributed by atoms with Gasteiger partial charge in [-0.15, -0.1) is 0 Å². The van der Waals surface area contributed by atoms with E-state index in [1.807, 2.05) is 24.3 Å². The van der Waals surface area contributed by atoms with Crippen molar-refractivity contribution in [3.63, 3.8) is 0 Å². The van der Waals surface area contributed by atoms with Crippen LogP contribution in [-0.2, 0) is 8.85 Å². The molecule has 1 saturated carbocycles. The van der Waals surface area contributed by atoms with Crippen LogP contribution in [0.5, 0.6) is 0 Å². The predicted octanol–water partition coefficient (Wildman–Crippen LogP) is 7.03. The minimum Gasteiger partial charge on any atom is -0.512 e. The van der Waals surface area contributed by atoms with Crippen molar-refractivity contribution in [2.75, 3.05) is 0 Å². The van der Waals surface area contributed by atoms with Crippen LogP contribution in [0.1, 0.15) is 54.9 Å². The summed E-state index contributed by atoms with van der Waals surface area (Å²) in [6.45, 7) is 19.5. The van der Waals surface area contributed by atoms with E-state index in [0.717, 1.165) is 20.7 Å². The molecule has 3 unspecified atom stereocenters. The summed E-state index contributed by atoms with van der Waals surface area (Å²) in [4.78, 5) is 0. The highest BCUT2D eigenvalue weighted by Crippen LogP contribution is 2.44. The fraction of sp³-hybridized carbons (Fsp3) is 0.317. The second-order valence-corrected chi connectivity index (χ2v) is 23.3. The number of hydrogen-bond donors (Lipinski definition) is 2. The highest BCUT2D eigenvalue weighted by Gasteiger charge is 2.57. The minimum absolute atomic E-state index is 0.175. The van der Waals surface area contributed by atoms with E-state index in [4.69, 9.17) is 8.85 Å². The first-order valence-electron chi connectivity index (χ1n) is 16.6. The molecule has 2 N–H and O–H groups in total. The standard InChI is InChI=1S/C41H50O4Si2/c1-30-36(31(2)42)29-37(44-46(40(3,4)5,32-21-13-9-14-22-32)33-23-15-10-16-24-33)38(43)39(30)45-47(41(6,7)8,34-25-17-11-18-26-34)35-27-19-12-20-28-35/h9-28,37-39,42-43H,1,29H2,2-8H3. The lowest BCUT2D eigenvalue weighted by Gasteiger charge is -2.51. The zero-order valence-electron chi connectivity index (χ0n) is 28.9. The Labute approximate surface area is 283 Å². The molecule has 0 radical (unpaired) electrons. The Morgan fingerprint density at radius 3 is 1.23 bits per heavy atom. The van der Waals surface area contributed by atoms with E-state index in [0.29, 0.717) is 17.6 Å². The SMILES string of the molecule is C=C1C(=C(C)O)CC(O[Si](c2ccccc2)(c2ccccc2)C(C)(C)C)C(O)C1O[Si](c1ccccc1)(c1ccccc1)C(C)(C)C. The van der Waals surface area contributed by atoms with Gasteiger partial charge in [0.25, 0.3) is 16.6 Å². The molecule has 4 nitrogen and oxygen atoms in total. The lowest BCUT2D eigenvalue weighted by molar-refractivity contribution is -0.0406. The third-order valence-corrected chi connectivity index (χ3v) is 19.8. The molecular weight excluding hydrogens is 613 g/mol. The molecule has 0 bridgehead atoms. The molecule has 4 aromatic carbocycles. The van der Waals surface area contributed by atoms with Crippen molar-refractivity contribution >= 4 is 37.4 Å². The van der Waals surface area contributed by atoms with Crippen LogP contribution in [0.4, 0.5) is 0 Å². The minimum atomic E-state index is -3.11. The van der Waals surface area contributed by atoms with Gasteiger partial charge in [-0.05, 0) is 48.9 Å². The van der Waals surface area contributed by atoms with E-state index in [-0.39, 0.29) is 15.8 Å². The van der Waals surface area contributed by atoms with Gasteiger partial charge in [0.15, 0.2) is 0 Å². The smallest absolute Gasteiger partial charge is 0.262 e. The molecule has 246 valence electrons. The average molecular weight is 663 g/mol. The molecule has 4 aromatic rings. The van der Waals surface area contributed by atoms with E-state index >= 15 is 0 Å². The van der Waals surface area contributed by atoms with Crippen LogP contribution < -0.4 is 20.7 Å². The summed E-state index contributed by atoms with van der Waals surface area (Å²) in [5, 5.41) is 27.5. The third kappa shape index (κ3) is 6.37. The molecule has 0 saturated heterocycles. The maximum absolute atomic E-state index is 12.6. The Bertz CT molecular complexity index is 1590. The molecule has 3 atom stereocenters. The zero-order valence-corrected chi connectivity index (χ0v) is 30.9. The lowest BCUT2D eigenvalue weighted by Crippen LogP contribution is -2.71. The van der Waals surface area contributed by atoms with E-state index in [1.165, 1.54) is 0 Å². The first-order valence-corrected chi connectivity index (χ1v) is 20.4. The monoisotopic (exact) mass is 662 g/mol. The van der Waals surface area contributed by atoms with Gasteiger partial charge in [0.2, 0.25) is 0 Å². The van der Waals surface area contributed by atoms with Crippen molar-refractivity contribution in [3.8, 4) is 0 Å². The van der Waals surface area contributed by atoms with Gasteiger partial charge >= 0.3 is 0 Å². The average Bonchev–Trinajstić information content (AvgIpc) is 3.05. The van der Waals surface area contributed by atoms with Crippen molar-refractivity contribution in [2.24, 2.45) is 0 Å². The second-order valence-electron chi connectivity index (χ2n) is 14.8. The van der Waals surface area contributed by atoms with Gasteiger partial charge in [-0.2, -0.15) is 0 Å². The number of allylic oxidation sites excluding steroid dienone is 1. The number of aliphatic hydroxyl groups is 2. The molecule has 6 heteroatoms. The van der Waals surface area contributed by atoms with Crippen LogP contribution in [-0.4, -0.2) is 45.2 Å². The predicted molar refractivity (Wildman–Crippen MR) is 200 cm³/mol. The summed E-state index contributed by atoms with van der Waals surface area (Å²) >= 11 is 0. The van der Waals surface area contributed by atoms with Crippen molar-refractivity contribution in [1.29, 1.82) is 0 Å². The molecule has 0 aromatic heterocycles. The number of hydrogen-bond acceptors (Lipinski definition) is 4. The summed E-state index contributed by atoms with van der Waals surface area (Å²) < 4.78 is 15.1. The van der Waals surface area contributed by atoms with Gasteiger partial charge in [0.1, 0.15) is 6.10 Å². The van der Waals surface area contributed by atoms with Crippen LogP contribution in [0.2, 0.25) is 10.1 Å². The molecule has 0 heterocycles. The quantitative estimate of drug-likeness (QED) is 0.157. The van der Waals surface area contributed by atoms with Crippen LogP contribution >= 0.6 is 0 Å². The summed E-state index contributed by atoms with van der Waals surface area (Å²) in [5.41, 5.74) is 1.29. The molecule has 47 heavy (non-hydrogen) atoms. The lowest BCUT2D eigenvalue weighted by atomic mass is 9.83. The molecule has 1 aliphatic rings. The van der Waals surface area contributed by atoms with Gasteiger partial charge in [-0.3, -0.25) is 0 Å². The van der Waals surface area contributed by atoms with Crippen LogP contribution in [0.15, 0.2) is 145 Å². The number of rotatable bonds is 8. The summed E-state index contributed by atoms with van der Waals surface area (Å²) in [5.74, 6) is 0.175. The Kier molecular flexibility index (Phi) is 10.0. The first-order chi connectivity index (χ1) is 22.2. The third-order valence-electron chi connectivity index (χ3n) is 9.73. The molecule has 1 aliphatic carbocycles. The van der Waals surface area contributed by atoms with Crippen LogP contribution in [0, 0.1) is 0 Å². The number of aliphatic hydroxyl groups excluding tert-OH is 2. The van der Waals surface area contributed by atoms with Crippen molar-refractivity contribution in [2.45, 2.75) is 83.3 Å². The topological polar surface area (TPSA) is 58.9 Å². The first kappa shape index (κ1) is 34.8. The van der Waals surface area contributed by atoms with Crippen molar-refractivity contribution in [3.05, 3.63) is 145 Å². The van der Waals surface area contributed by atoms with E-state index in [2.05, 4.69) is 145 Å². The zero-order chi connectivity index (χ0) is 34.0. The van der Waals surface area contributed by atoms with E-state index < -0.39 is 34.9 Å². The van der Waals surface area contributed by atoms with Gasteiger partial charge in [0, 0.05) is 6.42 Å². The number of benzene rings is 4.